The van der Waals surface area contributed by atoms with Gasteiger partial charge in [0.1, 0.15) is 11.5 Å². The molecule has 21 heavy (non-hydrogen) atoms. The molecule has 1 heterocycles. The highest BCUT2D eigenvalue weighted by Crippen LogP contribution is 2.32. The molecule has 0 fully saturated rings. The molecule has 2 aromatic carbocycles. The van der Waals surface area contributed by atoms with Crippen LogP contribution >= 0.6 is 0 Å². The molecule has 0 aliphatic carbocycles. The van der Waals surface area contributed by atoms with Crippen LogP contribution in [0.1, 0.15) is 36.1 Å². The van der Waals surface area contributed by atoms with Crippen LogP contribution in [0.15, 0.2) is 42.5 Å². The Hall–Kier alpha value is -2.00. The van der Waals surface area contributed by atoms with Crippen LogP contribution in [0.4, 0.5) is 0 Å². The maximum absolute atomic E-state index is 6.46. The number of nitrogens with two attached hydrogens (primary N) is 1. The Bertz CT molecular complexity index is 624. The van der Waals surface area contributed by atoms with E-state index in [0.717, 1.165) is 42.1 Å². The maximum Gasteiger partial charge on any atom is 0.124 e. The molecule has 0 radical (unpaired) electrons. The highest BCUT2D eigenvalue weighted by molar-refractivity contribution is 5.46. The van der Waals surface area contributed by atoms with Crippen molar-refractivity contribution in [3.63, 3.8) is 0 Å². The number of hydrogen-bond donors (Lipinski definition) is 1. The number of hydrogen-bond acceptors (Lipinski definition) is 3. The minimum atomic E-state index is -0.177. The Morgan fingerprint density at radius 2 is 2.10 bits per heavy atom. The molecule has 3 nitrogen and oxygen atoms in total. The molecule has 1 atom stereocenters. The van der Waals surface area contributed by atoms with Gasteiger partial charge >= 0.3 is 0 Å². The lowest BCUT2D eigenvalue weighted by molar-refractivity contribution is 0.313. The Labute approximate surface area is 125 Å². The lowest BCUT2D eigenvalue weighted by Gasteiger charge is -2.18. The van der Waals surface area contributed by atoms with E-state index in [2.05, 4.69) is 13.0 Å². The predicted octanol–water partition coefficient (Wildman–Crippen LogP) is 3.46. The van der Waals surface area contributed by atoms with Gasteiger partial charge in [0.05, 0.1) is 19.3 Å². The van der Waals surface area contributed by atoms with Crippen LogP contribution in [-0.4, -0.2) is 13.2 Å². The van der Waals surface area contributed by atoms with Gasteiger partial charge in [0, 0.05) is 12.0 Å². The Balaban J connectivity index is 1.89. The van der Waals surface area contributed by atoms with Gasteiger partial charge in [-0.1, -0.05) is 37.3 Å². The van der Waals surface area contributed by atoms with Crippen molar-refractivity contribution in [2.45, 2.75) is 25.8 Å². The van der Waals surface area contributed by atoms with E-state index >= 15 is 0 Å². The summed E-state index contributed by atoms with van der Waals surface area (Å²) in [6.45, 7) is 3.58. The molecule has 2 N–H and O–H groups in total. The first-order valence-electron chi connectivity index (χ1n) is 7.52. The van der Waals surface area contributed by atoms with Crippen LogP contribution in [0.2, 0.25) is 0 Å². The molecule has 2 aromatic rings. The second kappa shape index (κ2) is 6.19. The Kier molecular flexibility index (Phi) is 4.11. The van der Waals surface area contributed by atoms with Gasteiger partial charge in [0.15, 0.2) is 0 Å². The number of fused-ring (bicyclic) bond motifs is 1. The number of benzene rings is 2. The summed E-state index contributed by atoms with van der Waals surface area (Å²) in [5.74, 6) is 1.87. The van der Waals surface area contributed by atoms with E-state index in [4.69, 9.17) is 15.2 Å². The van der Waals surface area contributed by atoms with Gasteiger partial charge in [-0.2, -0.15) is 0 Å². The molecule has 0 amide bonds. The highest BCUT2D eigenvalue weighted by Gasteiger charge is 2.18. The van der Waals surface area contributed by atoms with E-state index in [1.165, 1.54) is 5.56 Å². The molecule has 3 rings (SSSR count). The fourth-order valence-electron chi connectivity index (χ4n) is 2.66. The highest BCUT2D eigenvalue weighted by atomic mass is 16.5. The van der Waals surface area contributed by atoms with Crippen LogP contribution < -0.4 is 15.2 Å². The van der Waals surface area contributed by atoms with Gasteiger partial charge in [-0.15, -0.1) is 0 Å². The summed E-state index contributed by atoms with van der Waals surface area (Å²) in [5, 5.41) is 0. The number of ether oxygens (including phenoxy) is 2. The van der Waals surface area contributed by atoms with Crippen molar-refractivity contribution in [1.29, 1.82) is 0 Å². The zero-order chi connectivity index (χ0) is 14.7. The molecule has 110 valence electrons. The van der Waals surface area contributed by atoms with E-state index < -0.39 is 0 Å². The summed E-state index contributed by atoms with van der Waals surface area (Å²) in [6.07, 6.45) is 1.95. The first-order chi connectivity index (χ1) is 10.3. The normalized spacial score (nSPS) is 14.4. The molecule has 3 heteroatoms. The van der Waals surface area contributed by atoms with Gasteiger partial charge in [-0.05, 0) is 29.7 Å². The van der Waals surface area contributed by atoms with Crippen molar-refractivity contribution >= 4 is 0 Å². The van der Waals surface area contributed by atoms with Crippen molar-refractivity contribution < 1.29 is 9.47 Å². The quantitative estimate of drug-likeness (QED) is 0.914. The molecule has 1 unspecified atom stereocenters. The summed E-state index contributed by atoms with van der Waals surface area (Å²) in [7, 11) is 0. The first kappa shape index (κ1) is 14.0. The van der Waals surface area contributed by atoms with E-state index in [-0.39, 0.29) is 6.04 Å². The summed E-state index contributed by atoms with van der Waals surface area (Å²) < 4.78 is 11.4. The Morgan fingerprint density at radius 3 is 2.95 bits per heavy atom. The van der Waals surface area contributed by atoms with Gasteiger partial charge in [-0.25, -0.2) is 0 Å². The van der Waals surface area contributed by atoms with Crippen molar-refractivity contribution in [3.05, 3.63) is 59.2 Å². The van der Waals surface area contributed by atoms with E-state index in [9.17, 15) is 0 Å². The summed E-state index contributed by atoms with van der Waals surface area (Å²) >= 11 is 0. The third-order valence-electron chi connectivity index (χ3n) is 3.79. The average Bonchev–Trinajstić information content (AvgIpc) is 3.00. The molecular weight excluding hydrogens is 262 g/mol. The fourth-order valence-corrected chi connectivity index (χ4v) is 2.66. The second-order valence-corrected chi connectivity index (χ2v) is 5.33. The van der Waals surface area contributed by atoms with Gasteiger partial charge in [0.2, 0.25) is 0 Å². The van der Waals surface area contributed by atoms with Crippen molar-refractivity contribution in [2.75, 3.05) is 13.2 Å². The number of rotatable bonds is 5. The van der Waals surface area contributed by atoms with Crippen LogP contribution in [0.25, 0.3) is 0 Å². The first-order valence-corrected chi connectivity index (χ1v) is 7.52. The average molecular weight is 283 g/mol. The lowest BCUT2D eigenvalue weighted by Crippen LogP contribution is -2.14. The molecule has 0 bridgehead atoms. The second-order valence-electron chi connectivity index (χ2n) is 5.33. The van der Waals surface area contributed by atoms with Crippen molar-refractivity contribution in [3.8, 4) is 11.5 Å². The van der Waals surface area contributed by atoms with Gasteiger partial charge < -0.3 is 15.2 Å². The van der Waals surface area contributed by atoms with Crippen LogP contribution in [0.3, 0.4) is 0 Å². The maximum atomic E-state index is 6.46. The molecule has 0 saturated carbocycles. The fraction of sp³-hybridized carbons (Fsp3) is 0.333. The topological polar surface area (TPSA) is 44.5 Å². The van der Waals surface area contributed by atoms with E-state index in [1.807, 2.05) is 36.4 Å². The lowest BCUT2D eigenvalue weighted by atomic mass is 9.96. The predicted molar refractivity (Wildman–Crippen MR) is 83.9 cm³/mol. The zero-order valence-corrected chi connectivity index (χ0v) is 12.3. The third-order valence-corrected chi connectivity index (χ3v) is 3.79. The smallest absolute Gasteiger partial charge is 0.124 e. The largest absolute Gasteiger partial charge is 0.493 e. The summed E-state index contributed by atoms with van der Waals surface area (Å²) in [4.78, 5) is 0. The molecule has 0 saturated heterocycles. The molecule has 1 aliphatic rings. The minimum absolute atomic E-state index is 0.177. The summed E-state index contributed by atoms with van der Waals surface area (Å²) in [5.41, 5.74) is 9.84. The third kappa shape index (κ3) is 2.88. The van der Waals surface area contributed by atoms with Crippen molar-refractivity contribution in [2.24, 2.45) is 5.73 Å². The van der Waals surface area contributed by atoms with E-state index in [1.54, 1.807) is 0 Å². The van der Waals surface area contributed by atoms with Crippen molar-refractivity contribution in [1.82, 2.24) is 0 Å². The molecular formula is C18H21NO2. The molecule has 1 aliphatic heterocycles. The molecule has 0 aromatic heterocycles. The monoisotopic (exact) mass is 283 g/mol. The zero-order valence-electron chi connectivity index (χ0n) is 12.3. The standard InChI is InChI=1S/C18H21NO2/c1-2-10-20-17-6-4-3-5-15(17)18(19)14-7-8-16-13(12-14)9-11-21-16/h3-8,12,18H,2,9-11,19H2,1H3. The molecule has 0 spiro atoms. The van der Waals surface area contributed by atoms with E-state index in [0.29, 0.717) is 6.61 Å². The Morgan fingerprint density at radius 1 is 1.24 bits per heavy atom. The van der Waals surface area contributed by atoms with Crippen LogP contribution in [0.5, 0.6) is 11.5 Å². The van der Waals surface area contributed by atoms with Gasteiger partial charge in [0.25, 0.3) is 0 Å². The summed E-state index contributed by atoms with van der Waals surface area (Å²) in [6, 6.07) is 14.1. The van der Waals surface area contributed by atoms with Crippen LogP contribution in [0, 0.1) is 0 Å². The minimum Gasteiger partial charge on any atom is -0.493 e. The van der Waals surface area contributed by atoms with Gasteiger partial charge in [-0.3, -0.25) is 0 Å². The van der Waals surface area contributed by atoms with Crippen LogP contribution in [-0.2, 0) is 6.42 Å². The number of para-hydroxylation sites is 1. The SMILES string of the molecule is CCCOc1ccccc1C(N)c1ccc2c(c1)CCO2.